The molecule has 1 unspecified atom stereocenters. The van der Waals surface area contributed by atoms with Gasteiger partial charge in [0.15, 0.2) is 11.5 Å². The van der Waals surface area contributed by atoms with Crippen molar-refractivity contribution in [3.05, 3.63) is 57.6 Å². The Kier molecular flexibility index (Phi) is 9.62. The zero-order valence-electron chi connectivity index (χ0n) is 17.0. The van der Waals surface area contributed by atoms with E-state index in [2.05, 4.69) is 10.6 Å². The number of halogens is 2. The van der Waals surface area contributed by atoms with Crippen molar-refractivity contribution in [2.45, 2.75) is 19.0 Å². The summed E-state index contributed by atoms with van der Waals surface area (Å²) in [4.78, 5) is 25.4. The summed E-state index contributed by atoms with van der Waals surface area (Å²) in [6.07, 6.45) is 2.42. The van der Waals surface area contributed by atoms with E-state index in [0.717, 1.165) is 5.56 Å². The normalized spacial score (nSPS) is 11.5. The summed E-state index contributed by atoms with van der Waals surface area (Å²) >= 11 is 13.6. The Labute approximate surface area is 190 Å². The van der Waals surface area contributed by atoms with Gasteiger partial charge in [-0.15, -0.1) is 0 Å². The summed E-state index contributed by atoms with van der Waals surface area (Å²) < 4.78 is 10.5. The molecule has 162 valence electrons. The molecule has 0 aliphatic heterocycles. The first-order valence-corrected chi connectivity index (χ1v) is 11.3. The van der Waals surface area contributed by atoms with Crippen molar-refractivity contribution in [1.82, 2.24) is 10.6 Å². The summed E-state index contributed by atoms with van der Waals surface area (Å²) in [6, 6.07) is 9.31. The standard InChI is InChI=1S/C21H24Cl2N2O4S/c1-28-18-7-4-13(10-19(18)29-2)12-24-21(27)17(8-9-30-3)25-20(26)15-6-5-14(22)11-16(15)23/h4-7,10-11,17H,8-9,12H2,1-3H3,(H,24,27)(H,25,26). The lowest BCUT2D eigenvalue weighted by atomic mass is 10.1. The molecule has 2 N–H and O–H groups in total. The number of rotatable bonds is 10. The van der Waals surface area contributed by atoms with Crippen molar-refractivity contribution in [2.75, 3.05) is 26.2 Å². The molecule has 0 saturated carbocycles. The fourth-order valence-corrected chi connectivity index (χ4v) is 3.68. The van der Waals surface area contributed by atoms with Crippen LogP contribution in [0, 0.1) is 0 Å². The third-order valence-corrected chi connectivity index (χ3v) is 5.51. The van der Waals surface area contributed by atoms with Gasteiger partial charge in [0.1, 0.15) is 6.04 Å². The third-order valence-electron chi connectivity index (χ3n) is 4.32. The molecular weight excluding hydrogens is 447 g/mol. The Balaban J connectivity index is 2.06. The number of hydrogen-bond acceptors (Lipinski definition) is 5. The number of hydrogen-bond donors (Lipinski definition) is 2. The van der Waals surface area contributed by atoms with Crippen molar-refractivity contribution in [3.8, 4) is 11.5 Å². The Hall–Kier alpha value is -2.09. The van der Waals surface area contributed by atoms with E-state index < -0.39 is 11.9 Å². The number of nitrogens with one attached hydrogen (secondary N) is 2. The summed E-state index contributed by atoms with van der Waals surface area (Å²) in [5.74, 6) is 1.19. The van der Waals surface area contributed by atoms with E-state index in [1.54, 1.807) is 44.2 Å². The number of methoxy groups -OCH3 is 2. The van der Waals surface area contributed by atoms with Crippen molar-refractivity contribution in [3.63, 3.8) is 0 Å². The number of thioether (sulfide) groups is 1. The van der Waals surface area contributed by atoms with Gasteiger partial charge in [-0.3, -0.25) is 9.59 Å². The molecule has 0 aliphatic rings. The van der Waals surface area contributed by atoms with Gasteiger partial charge < -0.3 is 20.1 Å². The second-order valence-electron chi connectivity index (χ2n) is 6.34. The van der Waals surface area contributed by atoms with Crippen LogP contribution in [-0.4, -0.2) is 44.1 Å². The largest absolute Gasteiger partial charge is 0.493 e. The van der Waals surface area contributed by atoms with Crippen molar-refractivity contribution in [1.29, 1.82) is 0 Å². The summed E-state index contributed by atoms with van der Waals surface area (Å²) in [7, 11) is 3.11. The topological polar surface area (TPSA) is 76.7 Å². The van der Waals surface area contributed by atoms with Gasteiger partial charge in [-0.25, -0.2) is 0 Å². The summed E-state index contributed by atoms with van der Waals surface area (Å²) in [5, 5.41) is 6.30. The molecule has 0 aromatic heterocycles. The zero-order chi connectivity index (χ0) is 22.1. The number of carbonyl (C=O) groups is 2. The number of amides is 2. The van der Waals surface area contributed by atoms with Crippen molar-refractivity contribution < 1.29 is 19.1 Å². The quantitative estimate of drug-likeness (QED) is 0.544. The van der Waals surface area contributed by atoms with Crippen LogP contribution in [-0.2, 0) is 11.3 Å². The highest BCUT2D eigenvalue weighted by molar-refractivity contribution is 7.98. The number of benzene rings is 2. The Bertz CT molecular complexity index is 895. The fourth-order valence-electron chi connectivity index (χ4n) is 2.72. The van der Waals surface area contributed by atoms with Crippen LogP contribution in [0.4, 0.5) is 0 Å². The lowest BCUT2D eigenvalue weighted by Gasteiger charge is -2.19. The van der Waals surface area contributed by atoms with Crippen LogP contribution in [0.5, 0.6) is 11.5 Å². The minimum absolute atomic E-state index is 0.231. The first kappa shape index (κ1) is 24.2. The monoisotopic (exact) mass is 470 g/mol. The maximum Gasteiger partial charge on any atom is 0.253 e. The van der Waals surface area contributed by atoms with Crippen molar-refractivity contribution in [2.24, 2.45) is 0 Å². The van der Waals surface area contributed by atoms with Gasteiger partial charge in [-0.05, 0) is 54.3 Å². The predicted octanol–water partition coefficient (Wildman–Crippen LogP) is 4.18. The minimum Gasteiger partial charge on any atom is -0.493 e. The smallest absolute Gasteiger partial charge is 0.253 e. The molecule has 0 aliphatic carbocycles. The molecule has 2 aromatic carbocycles. The Morgan fingerprint density at radius 3 is 2.43 bits per heavy atom. The van der Waals surface area contributed by atoms with Crippen molar-refractivity contribution >= 4 is 46.8 Å². The van der Waals surface area contributed by atoms with Gasteiger partial charge >= 0.3 is 0 Å². The summed E-state index contributed by atoms with van der Waals surface area (Å²) in [5.41, 5.74) is 1.11. The average Bonchev–Trinajstić information content (AvgIpc) is 2.74. The molecule has 30 heavy (non-hydrogen) atoms. The van der Waals surface area contributed by atoms with Gasteiger partial charge in [0.2, 0.25) is 5.91 Å². The van der Waals surface area contributed by atoms with E-state index in [1.165, 1.54) is 12.1 Å². The van der Waals surface area contributed by atoms with Crippen LogP contribution in [0.1, 0.15) is 22.3 Å². The lowest BCUT2D eigenvalue weighted by molar-refractivity contribution is -0.123. The van der Waals surface area contributed by atoms with Crippen LogP contribution in [0.15, 0.2) is 36.4 Å². The molecule has 1 atom stereocenters. The Morgan fingerprint density at radius 1 is 1.07 bits per heavy atom. The minimum atomic E-state index is -0.697. The van der Waals surface area contributed by atoms with E-state index in [-0.39, 0.29) is 23.0 Å². The van der Waals surface area contributed by atoms with E-state index in [9.17, 15) is 9.59 Å². The number of carbonyl (C=O) groups excluding carboxylic acids is 2. The zero-order valence-corrected chi connectivity index (χ0v) is 19.3. The van der Waals surface area contributed by atoms with E-state index in [0.29, 0.717) is 28.7 Å². The first-order valence-electron chi connectivity index (χ1n) is 9.13. The lowest BCUT2D eigenvalue weighted by Crippen LogP contribution is -2.47. The molecule has 0 spiro atoms. The third kappa shape index (κ3) is 6.72. The van der Waals surface area contributed by atoms with Crippen LogP contribution >= 0.6 is 35.0 Å². The maximum absolute atomic E-state index is 12.8. The van der Waals surface area contributed by atoms with Gasteiger partial charge in [0.05, 0.1) is 24.8 Å². The Morgan fingerprint density at radius 2 is 1.80 bits per heavy atom. The molecule has 6 nitrogen and oxygen atoms in total. The maximum atomic E-state index is 12.8. The highest BCUT2D eigenvalue weighted by atomic mass is 35.5. The molecule has 0 fully saturated rings. The fraction of sp³-hybridized carbons (Fsp3) is 0.333. The molecule has 0 bridgehead atoms. The molecule has 2 rings (SSSR count). The van der Waals surface area contributed by atoms with Crippen LogP contribution < -0.4 is 20.1 Å². The second-order valence-corrected chi connectivity index (χ2v) is 8.17. The van der Waals surface area contributed by atoms with Crippen LogP contribution in [0.3, 0.4) is 0 Å². The molecular formula is C21H24Cl2N2O4S. The average molecular weight is 471 g/mol. The molecule has 0 heterocycles. The molecule has 0 radical (unpaired) electrons. The highest BCUT2D eigenvalue weighted by Crippen LogP contribution is 2.27. The molecule has 2 aromatic rings. The second kappa shape index (κ2) is 11.9. The van der Waals surface area contributed by atoms with E-state index in [1.807, 2.05) is 12.3 Å². The molecule has 2 amide bonds. The SMILES string of the molecule is COc1ccc(CNC(=O)C(CCSC)NC(=O)c2ccc(Cl)cc2Cl)cc1OC. The molecule has 0 saturated heterocycles. The number of ether oxygens (including phenoxy) is 2. The van der Waals surface area contributed by atoms with E-state index >= 15 is 0 Å². The van der Waals surface area contributed by atoms with Gasteiger partial charge in [0, 0.05) is 11.6 Å². The van der Waals surface area contributed by atoms with Crippen LogP contribution in [0.25, 0.3) is 0 Å². The molecule has 9 heteroatoms. The first-order chi connectivity index (χ1) is 14.4. The summed E-state index contributed by atoms with van der Waals surface area (Å²) in [6.45, 7) is 0.284. The highest BCUT2D eigenvalue weighted by Gasteiger charge is 2.22. The van der Waals surface area contributed by atoms with Gasteiger partial charge in [-0.2, -0.15) is 11.8 Å². The van der Waals surface area contributed by atoms with Crippen LogP contribution in [0.2, 0.25) is 10.0 Å². The van der Waals surface area contributed by atoms with Gasteiger partial charge in [0.25, 0.3) is 5.91 Å². The van der Waals surface area contributed by atoms with Gasteiger partial charge in [-0.1, -0.05) is 29.3 Å². The predicted molar refractivity (Wildman–Crippen MR) is 122 cm³/mol. The van der Waals surface area contributed by atoms with E-state index in [4.69, 9.17) is 32.7 Å².